The second-order valence-electron chi connectivity index (χ2n) is 19.1. The molecule has 0 aliphatic rings. The van der Waals surface area contributed by atoms with Crippen LogP contribution in [0.4, 0.5) is 0 Å². The van der Waals surface area contributed by atoms with Crippen molar-refractivity contribution in [2.24, 2.45) is 0 Å². The number of aromatic nitrogens is 6. The first-order valence-electron chi connectivity index (χ1n) is 25.4. The molecule has 0 atom stereocenters. The van der Waals surface area contributed by atoms with Crippen LogP contribution in [0.3, 0.4) is 0 Å². The van der Waals surface area contributed by atoms with E-state index in [1.165, 1.54) is 54.4 Å². The van der Waals surface area contributed by atoms with Gasteiger partial charge < -0.3 is 13.7 Å². The first-order chi connectivity index (χ1) is 37.2. The van der Waals surface area contributed by atoms with Gasteiger partial charge in [0.25, 0.3) is 0 Å². The van der Waals surface area contributed by atoms with Gasteiger partial charge in [-0.2, -0.15) is 0 Å². The van der Waals surface area contributed by atoms with Crippen molar-refractivity contribution in [2.45, 2.75) is 0 Å². The van der Waals surface area contributed by atoms with E-state index in [0.717, 1.165) is 67.0 Å². The highest BCUT2D eigenvalue weighted by atomic mass is 15.0. The molecule has 0 aliphatic heterocycles. The number of para-hydroxylation sites is 4. The Morgan fingerprint density at radius 1 is 0.240 bits per heavy atom. The molecule has 0 saturated heterocycles. The van der Waals surface area contributed by atoms with Crippen LogP contribution in [0.25, 0.3) is 139 Å². The van der Waals surface area contributed by atoms with Gasteiger partial charge in [0.05, 0.1) is 38.8 Å². The molecule has 75 heavy (non-hydrogen) atoms. The normalized spacial score (nSPS) is 11.7. The van der Waals surface area contributed by atoms with Crippen LogP contribution < -0.4 is 0 Å². The van der Waals surface area contributed by atoms with E-state index >= 15 is 0 Å². The van der Waals surface area contributed by atoms with Gasteiger partial charge in [0, 0.05) is 71.5 Å². The van der Waals surface area contributed by atoms with Crippen molar-refractivity contribution >= 4 is 65.4 Å². The van der Waals surface area contributed by atoms with Gasteiger partial charge >= 0.3 is 0 Å². The van der Waals surface area contributed by atoms with Crippen molar-refractivity contribution in [3.05, 3.63) is 267 Å². The maximum absolute atomic E-state index is 5.28. The van der Waals surface area contributed by atoms with E-state index in [4.69, 9.17) is 15.0 Å². The standard InChI is InChI=1S/C69H44N6/c1-7-23-45(24-8-1)56-43-49(69-71-67(47-27-11-3-12-28-47)70-68(72-69)48-29-13-4-14-30-48)44-57(46-25-9-2-10-26-46)64(56)75-59-38-22-20-36-55(59)63-61(75)42-40-53-52-39-41-60-62(65(52)74(66(53)63)51-33-17-6-18-34-51)54-35-19-21-37-58(54)73(60)50-31-15-5-16-32-50/h1-44H. The van der Waals surface area contributed by atoms with Crippen LogP contribution >= 0.6 is 0 Å². The molecule has 0 bridgehead atoms. The first kappa shape index (κ1) is 42.5. The molecular formula is C69H44N6. The minimum absolute atomic E-state index is 0.597. The lowest BCUT2D eigenvalue weighted by Crippen LogP contribution is -2.04. The molecule has 15 aromatic rings. The van der Waals surface area contributed by atoms with E-state index < -0.39 is 0 Å². The van der Waals surface area contributed by atoms with E-state index in [9.17, 15) is 0 Å². The quantitative estimate of drug-likeness (QED) is 0.152. The summed E-state index contributed by atoms with van der Waals surface area (Å²) in [5.41, 5.74) is 17.2. The SMILES string of the molecule is c1ccc(-c2nc(-c3ccccc3)nc(-c3cc(-c4ccccc4)c(-n4c5ccccc5c5c4ccc4c6ccc7c(c8ccccc8n7-c7ccccc7)c6n(-c6ccccc6)c45)c(-c4ccccc4)c3)n2)cc1. The van der Waals surface area contributed by atoms with Gasteiger partial charge in [-0.1, -0.05) is 206 Å². The third-order valence-electron chi connectivity index (χ3n) is 14.8. The molecule has 0 aliphatic carbocycles. The molecule has 0 N–H and O–H groups in total. The van der Waals surface area contributed by atoms with Gasteiger partial charge in [-0.15, -0.1) is 0 Å². The Balaban J connectivity index is 1.08. The van der Waals surface area contributed by atoms with Crippen LogP contribution in [0.5, 0.6) is 0 Å². The molecule has 0 unspecified atom stereocenters. The Bertz CT molecular complexity index is 4540. The molecule has 0 fully saturated rings. The lowest BCUT2D eigenvalue weighted by Gasteiger charge is -2.21. The largest absolute Gasteiger partial charge is 0.309 e. The topological polar surface area (TPSA) is 53.5 Å². The molecule has 11 aromatic carbocycles. The maximum atomic E-state index is 5.28. The third kappa shape index (κ3) is 6.77. The van der Waals surface area contributed by atoms with Crippen LogP contribution in [0.2, 0.25) is 0 Å². The highest BCUT2D eigenvalue weighted by molar-refractivity contribution is 6.31. The molecule has 0 spiro atoms. The highest BCUT2D eigenvalue weighted by Crippen LogP contribution is 2.49. The zero-order valence-corrected chi connectivity index (χ0v) is 40.6. The number of hydrogen-bond acceptors (Lipinski definition) is 3. The summed E-state index contributed by atoms with van der Waals surface area (Å²) in [6.45, 7) is 0. The Morgan fingerprint density at radius 2 is 0.587 bits per heavy atom. The van der Waals surface area contributed by atoms with E-state index in [-0.39, 0.29) is 0 Å². The number of rotatable bonds is 8. The summed E-state index contributed by atoms with van der Waals surface area (Å²) in [7, 11) is 0. The Hall–Kier alpha value is -10.2. The first-order valence-corrected chi connectivity index (χ1v) is 25.4. The molecule has 6 heteroatoms. The average molecular weight is 957 g/mol. The van der Waals surface area contributed by atoms with E-state index in [1.807, 2.05) is 36.4 Å². The Labute approximate surface area is 432 Å². The summed E-state index contributed by atoms with van der Waals surface area (Å²) in [5, 5.41) is 7.19. The molecular weight excluding hydrogens is 913 g/mol. The van der Waals surface area contributed by atoms with Gasteiger partial charge in [-0.3, -0.25) is 0 Å². The van der Waals surface area contributed by atoms with Crippen molar-refractivity contribution in [2.75, 3.05) is 0 Å². The summed E-state index contributed by atoms with van der Waals surface area (Å²) < 4.78 is 7.48. The Morgan fingerprint density at radius 3 is 1.04 bits per heavy atom. The minimum Gasteiger partial charge on any atom is -0.309 e. The molecule has 0 radical (unpaired) electrons. The second-order valence-corrected chi connectivity index (χ2v) is 19.1. The van der Waals surface area contributed by atoms with E-state index in [2.05, 4.69) is 244 Å². The van der Waals surface area contributed by atoms with Crippen LogP contribution in [0.1, 0.15) is 0 Å². The van der Waals surface area contributed by atoms with Gasteiger partial charge in [-0.05, 0) is 71.8 Å². The number of fused-ring (bicyclic) bond motifs is 11. The number of benzene rings is 11. The minimum atomic E-state index is 0.597. The Kier molecular flexibility index (Phi) is 9.78. The van der Waals surface area contributed by atoms with Crippen LogP contribution in [0, 0.1) is 0 Å². The predicted molar refractivity (Wildman–Crippen MR) is 310 cm³/mol. The maximum Gasteiger partial charge on any atom is 0.164 e. The number of hydrogen-bond donors (Lipinski definition) is 0. The van der Waals surface area contributed by atoms with Gasteiger partial charge in [0.2, 0.25) is 0 Å². The van der Waals surface area contributed by atoms with E-state index in [1.54, 1.807) is 0 Å². The summed E-state index contributed by atoms with van der Waals surface area (Å²) >= 11 is 0. The van der Waals surface area contributed by atoms with Crippen LogP contribution in [-0.2, 0) is 0 Å². The molecule has 350 valence electrons. The third-order valence-corrected chi connectivity index (χ3v) is 14.8. The monoisotopic (exact) mass is 956 g/mol. The summed E-state index contributed by atoms with van der Waals surface area (Å²) in [4.78, 5) is 15.6. The second kappa shape index (κ2) is 17.3. The van der Waals surface area contributed by atoms with Crippen LogP contribution in [0.15, 0.2) is 267 Å². The molecule has 4 aromatic heterocycles. The fourth-order valence-electron chi connectivity index (χ4n) is 11.6. The van der Waals surface area contributed by atoms with Gasteiger partial charge in [0.15, 0.2) is 17.5 Å². The average Bonchev–Trinajstić information content (AvgIpc) is 4.28. The lowest BCUT2D eigenvalue weighted by atomic mass is 9.92. The zero-order chi connectivity index (χ0) is 49.4. The van der Waals surface area contributed by atoms with E-state index in [0.29, 0.717) is 17.5 Å². The predicted octanol–water partition coefficient (Wildman–Crippen LogP) is 17.5. The highest BCUT2D eigenvalue weighted by Gasteiger charge is 2.27. The molecule has 15 rings (SSSR count). The summed E-state index contributed by atoms with van der Waals surface area (Å²) in [6.07, 6.45) is 0. The number of nitrogens with zero attached hydrogens (tertiary/aromatic N) is 6. The fraction of sp³-hybridized carbons (Fsp3) is 0. The smallest absolute Gasteiger partial charge is 0.164 e. The summed E-state index contributed by atoms with van der Waals surface area (Å²) in [6, 6.07) is 95.3. The molecule has 4 heterocycles. The zero-order valence-electron chi connectivity index (χ0n) is 40.6. The summed E-state index contributed by atoms with van der Waals surface area (Å²) in [5.74, 6) is 1.83. The van der Waals surface area contributed by atoms with Crippen molar-refractivity contribution in [3.8, 4) is 73.5 Å². The van der Waals surface area contributed by atoms with Crippen molar-refractivity contribution < 1.29 is 0 Å². The molecule has 0 saturated carbocycles. The van der Waals surface area contributed by atoms with Crippen molar-refractivity contribution in [3.63, 3.8) is 0 Å². The lowest BCUT2D eigenvalue weighted by molar-refractivity contribution is 1.07. The molecule has 6 nitrogen and oxygen atoms in total. The fourth-order valence-corrected chi connectivity index (χ4v) is 11.6. The van der Waals surface area contributed by atoms with Crippen molar-refractivity contribution in [1.29, 1.82) is 0 Å². The van der Waals surface area contributed by atoms with Crippen LogP contribution in [-0.4, -0.2) is 28.7 Å². The van der Waals surface area contributed by atoms with Gasteiger partial charge in [0.1, 0.15) is 0 Å². The molecule has 0 amide bonds. The van der Waals surface area contributed by atoms with Crippen molar-refractivity contribution in [1.82, 2.24) is 28.7 Å². The van der Waals surface area contributed by atoms with Gasteiger partial charge in [-0.25, -0.2) is 15.0 Å².